The quantitative estimate of drug-likeness (QED) is 0.818. The highest BCUT2D eigenvalue weighted by molar-refractivity contribution is 5.48. The van der Waals surface area contributed by atoms with Crippen LogP contribution < -0.4 is 10.6 Å². The molecule has 1 aromatic carbocycles. The van der Waals surface area contributed by atoms with Crippen LogP contribution >= 0.6 is 0 Å². The Bertz CT molecular complexity index is 436. The third-order valence-corrected chi connectivity index (χ3v) is 3.65. The number of hydrogen-bond donors (Lipinski definition) is 1. The molecule has 0 aliphatic heterocycles. The smallest absolute Gasteiger partial charge is 0.104 e. The van der Waals surface area contributed by atoms with E-state index in [2.05, 4.69) is 49.1 Å². The van der Waals surface area contributed by atoms with E-state index in [1.807, 2.05) is 6.92 Å². The highest BCUT2D eigenvalue weighted by atomic mass is 15.1. The van der Waals surface area contributed by atoms with E-state index in [1.165, 1.54) is 11.3 Å². The zero-order chi connectivity index (χ0) is 14.3. The molecule has 0 heterocycles. The van der Waals surface area contributed by atoms with Gasteiger partial charge in [-0.3, -0.25) is 0 Å². The molecule has 1 aromatic rings. The summed E-state index contributed by atoms with van der Waals surface area (Å²) in [6.45, 7) is 8.15. The third-order valence-electron chi connectivity index (χ3n) is 3.65. The molecule has 1 atom stereocenters. The van der Waals surface area contributed by atoms with Crippen molar-refractivity contribution in [3.63, 3.8) is 0 Å². The Balaban J connectivity index is 2.57. The maximum atomic E-state index is 9.07. The van der Waals surface area contributed by atoms with Gasteiger partial charge < -0.3 is 10.6 Å². The SMILES string of the molecule is CCN(CCCC(N)(C#N)CC)c1cccc(C)c1. The molecule has 0 saturated carbocycles. The molecule has 0 bridgehead atoms. The second-order valence-electron chi connectivity index (χ2n) is 5.14. The van der Waals surface area contributed by atoms with Gasteiger partial charge in [0, 0.05) is 18.8 Å². The first kappa shape index (κ1) is 15.5. The molecule has 1 rings (SSSR count). The van der Waals surface area contributed by atoms with Crippen LogP contribution in [0.4, 0.5) is 5.69 Å². The summed E-state index contributed by atoms with van der Waals surface area (Å²) in [5, 5.41) is 9.07. The Morgan fingerprint density at radius 2 is 2.11 bits per heavy atom. The summed E-state index contributed by atoms with van der Waals surface area (Å²) in [7, 11) is 0. The molecule has 0 fully saturated rings. The molecule has 3 heteroatoms. The molecule has 104 valence electrons. The lowest BCUT2D eigenvalue weighted by atomic mass is 9.93. The van der Waals surface area contributed by atoms with Crippen molar-refractivity contribution in [2.24, 2.45) is 5.73 Å². The van der Waals surface area contributed by atoms with Gasteiger partial charge in [-0.15, -0.1) is 0 Å². The van der Waals surface area contributed by atoms with Crippen molar-refractivity contribution in [3.8, 4) is 6.07 Å². The van der Waals surface area contributed by atoms with Gasteiger partial charge in [0.1, 0.15) is 5.54 Å². The van der Waals surface area contributed by atoms with E-state index in [0.29, 0.717) is 6.42 Å². The summed E-state index contributed by atoms with van der Waals surface area (Å²) in [5.74, 6) is 0. The van der Waals surface area contributed by atoms with Gasteiger partial charge in [0.2, 0.25) is 0 Å². The second kappa shape index (κ2) is 7.16. The van der Waals surface area contributed by atoms with Gasteiger partial charge in [-0.1, -0.05) is 19.1 Å². The van der Waals surface area contributed by atoms with Gasteiger partial charge in [-0.2, -0.15) is 5.26 Å². The first-order valence-electron chi connectivity index (χ1n) is 7.06. The number of nitriles is 1. The summed E-state index contributed by atoms with van der Waals surface area (Å²) in [4.78, 5) is 2.33. The molecule has 19 heavy (non-hydrogen) atoms. The summed E-state index contributed by atoms with van der Waals surface area (Å²) >= 11 is 0. The second-order valence-corrected chi connectivity index (χ2v) is 5.14. The van der Waals surface area contributed by atoms with Crippen LogP contribution in [0.1, 0.15) is 38.7 Å². The predicted molar refractivity (Wildman–Crippen MR) is 81.1 cm³/mol. The Labute approximate surface area is 117 Å². The maximum absolute atomic E-state index is 9.07. The standard InChI is InChI=1S/C16H25N3/c1-4-16(18,13-17)10-7-11-19(5-2)15-9-6-8-14(3)12-15/h6,8-9,12H,4-5,7,10-11,18H2,1-3H3. The monoisotopic (exact) mass is 259 g/mol. The number of rotatable bonds is 7. The minimum Gasteiger partial charge on any atom is -0.372 e. The Morgan fingerprint density at radius 1 is 1.37 bits per heavy atom. The summed E-state index contributed by atoms with van der Waals surface area (Å²) in [5.41, 5.74) is 7.87. The van der Waals surface area contributed by atoms with Crippen LogP contribution in [0, 0.1) is 18.3 Å². The molecular weight excluding hydrogens is 234 g/mol. The van der Waals surface area contributed by atoms with Crippen molar-refractivity contribution >= 4 is 5.69 Å². The van der Waals surface area contributed by atoms with Crippen LogP contribution in [0.2, 0.25) is 0 Å². The first-order chi connectivity index (χ1) is 9.04. The van der Waals surface area contributed by atoms with Crippen LogP contribution in [0.15, 0.2) is 24.3 Å². The molecule has 0 aliphatic rings. The lowest BCUT2D eigenvalue weighted by Crippen LogP contribution is -2.38. The third kappa shape index (κ3) is 4.57. The minimum absolute atomic E-state index is 0.661. The van der Waals surface area contributed by atoms with Gasteiger partial charge in [-0.05, 0) is 50.8 Å². The molecule has 0 saturated heterocycles. The van der Waals surface area contributed by atoms with Gasteiger partial charge in [0.25, 0.3) is 0 Å². The maximum Gasteiger partial charge on any atom is 0.104 e. The lowest BCUT2D eigenvalue weighted by Gasteiger charge is -2.26. The van der Waals surface area contributed by atoms with Crippen LogP contribution in [0.25, 0.3) is 0 Å². The van der Waals surface area contributed by atoms with Crippen molar-refractivity contribution in [2.75, 3.05) is 18.0 Å². The molecule has 0 aliphatic carbocycles. The van der Waals surface area contributed by atoms with Crippen molar-refractivity contribution in [1.82, 2.24) is 0 Å². The van der Waals surface area contributed by atoms with E-state index < -0.39 is 5.54 Å². The molecule has 2 N–H and O–H groups in total. The van der Waals surface area contributed by atoms with Gasteiger partial charge in [0.15, 0.2) is 0 Å². The topological polar surface area (TPSA) is 53.0 Å². The van der Waals surface area contributed by atoms with E-state index in [0.717, 1.165) is 25.9 Å². The summed E-state index contributed by atoms with van der Waals surface area (Å²) in [6.07, 6.45) is 2.40. The number of hydrogen-bond acceptors (Lipinski definition) is 3. The average molecular weight is 259 g/mol. The Hall–Kier alpha value is -1.53. The highest BCUT2D eigenvalue weighted by Gasteiger charge is 2.21. The number of anilines is 1. The molecule has 1 unspecified atom stereocenters. The van der Waals surface area contributed by atoms with Gasteiger partial charge >= 0.3 is 0 Å². The normalized spacial score (nSPS) is 13.6. The molecule has 0 aromatic heterocycles. The molecule has 0 spiro atoms. The van der Waals surface area contributed by atoms with Crippen molar-refractivity contribution in [3.05, 3.63) is 29.8 Å². The summed E-state index contributed by atoms with van der Waals surface area (Å²) in [6, 6.07) is 10.8. The number of aryl methyl sites for hydroxylation is 1. The fourth-order valence-corrected chi connectivity index (χ4v) is 2.19. The largest absolute Gasteiger partial charge is 0.372 e. The number of nitrogens with two attached hydrogens (primary N) is 1. The van der Waals surface area contributed by atoms with E-state index in [9.17, 15) is 0 Å². The Kier molecular flexibility index (Phi) is 5.85. The molecule has 0 amide bonds. The number of benzene rings is 1. The van der Waals surface area contributed by atoms with Crippen LogP contribution in [-0.2, 0) is 0 Å². The number of nitrogens with zero attached hydrogens (tertiary/aromatic N) is 2. The van der Waals surface area contributed by atoms with Gasteiger partial charge in [-0.25, -0.2) is 0 Å². The van der Waals surface area contributed by atoms with Gasteiger partial charge in [0.05, 0.1) is 6.07 Å². The first-order valence-corrected chi connectivity index (χ1v) is 7.06. The fourth-order valence-electron chi connectivity index (χ4n) is 2.19. The van der Waals surface area contributed by atoms with E-state index in [-0.39, 0.29) is 0 Å². The van der Waals surface area contributed by atoms with Crippen molar-refractivity contribution < 1.29 is 0 Å². The zero-order valence-corrected chi connectivity index (χ0v) is 12.3. The fraction of sp³-hybridized carbons (Fsp3) is 0.562. The van der Waals surface area contributed by atoms with E-state index in [1.54, 1.807) is 0 Å². The van der Waals surface area contributed by atoms with Crippen molar-refractivity contribution in [2.45, 2.75) is 45.6 Å². The molecule has 0 radical (unpaired) electrons. The summed E-state index contributed by atoms with van der Waals surface area (Å²) < 4.78 is 0. The van der Waals surface area contributed by atoms with Crippen LogP contribution in [-0.4, -0.2) is 18.6 Å². The Morgan fingerprint density at radius 3 is 2.63 bits per heavy atom. The lowest BCUT2D eigenvalue weighted by molar-refractivity contribution is 0.465. The minimum atomic E-state index is -0.661. The molecule has 3 nitrogen and oxygen atoms in total. The van der Waals surface area contributed by atoms with Crippen LogP contribution in [0.5, 0.6) is 0 Å². The van der Waals surface area contributed by atoms with E-state index >= 15 is 0 Å². The molecular formula is C16H25N3. The van der Waals surface area contributed by atoms with Crippen LogP contribution in [0.3, 0.4) is 0 Å². The zero-order valence-electron chi connectivity index (χ0n) is 12.3. The van der Waals surface area contributed by atoms with E-state index in [4.69, 9.17) is 11.0 Å². The predicted octanol–water partition coefficient (Wildman–Crippen LogP) is 3.23. The van der Waals surface area contributed by atoms with Crippen molar-refractivity contribution in [1.29, 1.82) is 5.26 Å². The average Bonchev–Trinajstić information content (AvgIpc) is 2.43. The highest BCUT2D eigenvalue weighted by Crippen LogP contribution is 2.18.